The Morgan fingerprint density at radius 2 is 2.10 bits per heavy atom. The van der Waals surface area contributed by atoms with E-state index in [0.717, 1.165) is 25.7 Å². The van der Waals surface area contributed by atoms with Gasteiger partial charge in [0.1, 0.15) is 5.71 Å². The van der Waals surface area contributed by atoms with Gasteiger partial charge in [0.15, 0.2) is 0 Å². The number of carboxylic acid groups (broad SMARTS) is 1. The second-order valence-corrected chi connectivity index (χ2v) is 6.00. The molecule has 2 heterocycles. The lowest BCUT2D eigenvalue weighted by atomic mass is 9.98. The van der Waals surface area contributed by atoms with Crippen molar-refractivity contribution in [3.8, 4) is 0 Å². The summed E-state index contributed by atoms with van der Waals surface area (Å²) in [6.45, 7) is 0.386. The summed E-state index contributed by atoms with van der Waals surface area (Å²) < 4.78 is 6.15. The van der Waals surface area contributed by atoms with E-state index >= 15 is 0 Å². The Labute approximate surface area is 117 Å². The number of amides is 1. The highest BCUT2D eigenvalue weighted by Gasteiger charge is 2.43. The van der Waals surface area contributed by atoms with Crippen LogP contribution in [0.4, 0.5) is 0 Å². The molecule has 1 aliphatic carbocycles. The molecule has 1 amide bonds. The maximum Gasteiger partial charge on any atom is 0.352 e. The smallest absolute Gasteiger partial charge is 0.352 e. The van der Waals surface area contributed by atoms with Crippen molar-refractivity contribution in [2.45, 2.75) is 63.1 Å². The summed E-state index contributed by atoms with van der Waals surface area (Å²) in [7, 11) is 0. The van der Waals surface area contributed by atoms with E-state index < -0.39 is 5.97 Å². The molecule has 1 saturated carbocycles. The molecule has 0 radical (unpaired) electrons. The molecule has 0 aromatic rings. The molecule has 6 nitrogen and oxygen atoms in total. The summed E-state index contributed by atoms with van der Waals surface area (Å²) >= 11 is 0. The van der Waals surface area contributed by atoms with Crippen molar-refractivity contribution in [1.29, 1.82) is 0 Å². The van der Waals surface area contributed by atoms with Crippen molar-refractivity contribution >= 4 is 17.6 Å². The minimum atomic E-state index is -1.04. The summed E-state index contributed by atoms with van der Waals surface area (Å²) in [5, 5.41) is 14.2. The van der Waals surface area contributed by atoms with Gasteiger partial charge in [-0.05, 0) is 25.7 Å². The molecule has 1 spiro atoms. The van der Waals surface area contributed by atoms with Crippen LogP contribution in [0.2, 0.25) is 0 Å². The van der Waals surface area contributed by atoms with E-state index in [9.17, 15) is 9.59 Å². The maximum atomic E-state index is 11.8. The van der Waals surface area contributed by atoms with Gasteiger partial charge in [0.05, 0.1) is 18.2 Å². The molecule has 2 aliphatic heterocycles. The van der Waals surface area contributed by atoms with Gasteiger partial charge in [-0.3, -0.25) is 4.79 Å². The number of ether oxygens (including phenoxy) is 1. The van der Waals surface area contributed by atoms with E-state index in [1.807, 2.05) is 0 Å². The van der Waals surface area contributed by atoms with E-state index in [1.165, 1.54) is 17.9 Å². The van der Waals surface area contributed by atoms with Gasteiger partial charge < -0.3 is 9.84 Å². The summed E-state index contributed by atoms with van der Waals surface area (Å²) in [6, 6.07) is 0. The Morgan fingerprint density at radius 3 is 2.80 bits per heavy atom. The third-order valence-corrected chi connectivity index (χ3v) is 4.58. The molecular weight excluding hydrogens is 260 g/mol. The van der Waals surface area contributed by atoms with Crippen LogP contribution in [0.3, 0.4) is 0 Å². The van der Waals surface area contributed by atoms with E-state index in [0.29, 0.717) is 6.54 Å². The number of rotatable bonds is 3. The molecule has 1 saturated heterocycles. The SMILES string of the molecule is O=C(O)C1=NN(CC2CCC3(CCCC3)O2)C(=O)CC1. The predicted octanol–water partition coefficient (Wildman–Crippen LogP) is 1.54. The quantitative estimate of drug-likeness (QED) is 0.850. The van der Waals surface area contributed by atoms with Crippen LogP contribution in [0.5, 0.6) is 0 Å². The first-order valence-electron chi connectivity index (χ1n) is 7.37. The molecule has 1 N–H and O–H groups in total. The first kappa shape index (κ1) is 13.5. The standard InChI is InChI=1S/C14H20N2O4/c17-12-4-3-11(13(18)19)15-16(12)9-10-5-8-14(20-10)6-1-2-7-14/h10H,1-9H2,(H,18,19). The number of hydrazone groups is 1. The lowest BCUT2D eigenvalue weighted by Crippen LogP contribution is -2.39. The third kappa shape index (κ3) is 2.57. The van der Waals surface area contributed by atoms with Crippen LogP contribution in [0, 0.1) is 0 Å². The second kappa shape index (κ2) is 5.16. The molecule has 110 valence electrons. The monoisotopic (exact) mass is 280 g/mol. The van der Waals surface area contributed by atoms with Gasteiger partial charge in [0.2, 0.25) is 5.91 Å². The Bertz CT molecular complexity index is 454. The number of hydrogen-bond donors (Lipinski definition) is 1. The van der Waals surface area contributed by atoms with E-state index in [-0.39, 0.29) is 36.2 Å². The van der Waals surface area contributed by atoms with Crippen LogP contribution in [-0.2, 0) is 14.3 Å². The Hall–Kier alpha value is -1.43. The fraction of sp³-hybridized carbons (Fsp3) is 0.786. The molecule has 0 aromatic carbocycles. The van der Waals surface area contributed by atoms with Crippen molar-refractivity contribution in [1.82, 2.24) is 5.01 Å². The molecule has 0 aromatic heterocycles. The summed E-state index contributed by atoms with van der Waals surface area (Å²) in [6.07, 6.45) is 7.09. The predicted molar refractivity (Wildman–Crippen MR) is 71.3 cm³/mol. The molecule has 3 aliphatic rings. The van der Waals surface area contributed by atoms with Crippen molar-refractivity contribution in [3.05, 3.63) is 0 Å². The van der Waals surface area contributed by atoms with Crippen LogP contribution in [-0.4, -0.2) is 46.0 Å². The molecule has 20 heavy (non-hydrogen) atoms. The highest BCUT2D eigenvalue weighted by Crippen LogP contribution is 2.43. The highest BCUT2D eigenvalue weighted by atomic mass is 16.5. The average Bonchev–Trinajstić information content (AvgIpc) is 3.03. The first-order chi connectivity index (χ1) is 9.58. The van der Waals surface area contributed by atoms with Crippen LogP contribution < -0.4 is 0 Å². The van der Waals surface area contributed by atoms with Crippen molar-refractivity contribution in [2.24, 2.45) is 5.10 Å². The van der Waals surface area contributed by atoms with Crippen molar-refractivity contribution < 1.29 is 19.4 Å². The number of carbonyl (C=O) groups excluding carboxylic acids is 1. The van der Waals surface area contributed by atoms with Crippen molar-refractivity contribution in [2.75, 3.05) is 6.54 Å². The maximum absolute atomic E-state index is 11.8. The van der Waals surface area contributed by atoms with Crippen LogP contribution in [0.15, 0.2) is 5.10 Å². The van der Waals surface area contributed by atoms with Gasteiger partial charge >= 0.3 is 5.97 Å². The van der Waals surface area contributed by atoms with Crippen LogP contribution in [0.1, 0.15) is 51.4 Å². The van der Waals surface area contributed by atoms with Gasteiger partial charge in [-0.15, -0.1) is 0 Å². The summed E-state index contributed by atoms with van der Waals surface area (Å²) in [4.78, 5) is 22.8. The minimum absolute atomic E-state index is 0.00561. The van der Waals surface area contributed by atoms with Gasteiger partial charge in [0.25, 0.3) is 0 Å². The van der Waals surface area contributed by atoms with Gasteiger partial charge in [-0.2, -0.15) is 5.10 Å². The normalized spacial score (nSPS) is 29.0. The molecule has 3 rings (SSSR count). The van der Waals surface area contributed by atoms with E-state index in [2.05, 4.69) is 5.10 Å². The van der Waals surface area contributed by atoms with Gasteiger partial charge in [-0.1, -0.05) is 12.8 Å². The highest BCUT2D eigenvalue weighted by molar-refractivity contribution is 6.36. The Morgan fingerprint density at radius 1 is 1.35 bits per heavy atom. The van der Waals surface area contributed by atoms with Crippen LogP contribution in [0.25, 0.3) is 0 Å². The number of aliphatic carboxylic acids is 1. The Kier molecular flexibility index (Phi) is 3.50. The number of nitrogens with zero attached hydrogens (tertiary/aromatic N) is 2. The molecule has 6 heteroatoms. The minimum Gasteiger partial charge on any atom is -0.477 e. The fourth-order valence-corrected chi connectivity index (χ4v) is 3.50. The second-order valence-electron chi connectivity index (χ2n) is 6.00. The summed E-state index contributed by atoms with van der Waals surface area (Å²) in [5.41, 5.74) is 0.0984. The number of carbonyl (C=O) groups is 2. The zero-order valence-electron chi connectivity index (χ0n) is 11.5. The molecule has 2 fully saturated rings. The van der Waals surface area contributed by atoms with Gasteiger partial charge in [-0.25, -0.2) is 9.80 Å². The molecule has 0 bridgehead atoms. The zero-order valence-corrected chi connectivity index (χ0v) is 11.5. The Balaban J connectivity index is 1.64. The summed E-state index contributed by atoms with van der Waals surface area (Å²) in [5.74, 6) is -1.15. The zero-order chi connectivity index (χ0) is 14.2. The topological polar surface area (TPSA) is 79.2 Å². The van der Waals surface area contributed by atoms with Crippen LogP contribution >= 0.6 is 0 Å². The molecule has 1 unspecified atom stereocenters. The number of carboxylic acids is 1. The van der Waals surface area contributed by atoms with E-state index in [1.54, 1.807) is 0 Å². The molecular formula is C14H20N2O4. The first-order valence-corrected chi connectivity index (χ1v) is 7.37. The number of hydrogen-bond acceptors (Lipinski definition) is 4. The van der Waals surface area contributed by atoms with Crippen molar-refractivity contribution in [3.63, 3.8) is 0 Å². The molecule has 1 atom stereocenters. The lowest BCUT2D eigenvalue weighted by molar-refractivity contribution is -0.135. The fourth-order valence-electron chi connectivity index (χ4n) is 3.50. The largest absolute Gasteiger partial charge is 0.477 e. The third-order valence-electron chi connectivity index (χ3n) is 4.58. The average molecular weight is 280 g/mol. The van der Waals surface area contributed by atoms with E-state index in [4.69, 9.17) is 9.84 Å². The van der Waals surface area contributed by atoms with Gasteiger partial charge in [0, 0.05) is 12.8 Å². The lowest BCUT2D eigenvalue weighted by Gasteiger charge is -2.27.